The van der Waals surface area contributed by atoms with Gasteiger partial charge >= 0.3 is 0 Å². The van der Waals surface area contributed by atoms with Crippen LogP contribution in [0.25, 0.3) is 10.9 Å². The Hall–Kier alpha value is -2.59. The molecule has 0 spiro atoms. The number of fused-ring (bicyclic) bond motifs is 2. The van der Waals surface area contributed by atoms with Crippen LogP contribution in [0.3, 0.4) is 0 Å². The number of aromatic nitrogens is 1. The number of aryl methyl sites for hydroxylation is 1. The smallest absolute Gasteiger partial charge is 0.270 e. The highest BCUT2D eigenvalue weighted by atomic mass is 16.2. The van der Waals surface area contributed by atoms with Crippen molar-refractivity contribution in [3.8, 4) is 0 Å². The van der Waals surface area contributed by atoms with Gasteiger partial charge in [0.2, 0.25) is 0 Å². The first-order valence-corrected chi connectivity index (χ1v) is 9.96. The molecule has 27 heavy (non-hydrogen) atoms. The van der Waals surface area contributed by atoms with E-state index in [0.29, 0.717) is 11.7 Å². The number of nitrogens with one attached hydrogen (secondary N) is 1. The molecule has 1 saturated heterocycles. The molecule has 1 atom stereocenters. The number of hydrogen-bond acceptors (Lipinski definition) is 2. The Bertz CT molecular complexity index is 935. The Morgan fingerprint density at radius 3 is 2.48 bits per heavy atom. The zero-order valence-electron chi connectivity index (χ0n) is 15.5. The molecule has 0 saturated carbocycles. The highest BCUT2D eigenvalue weighted by Crippen LogP contribution is 2.25. The van der Waals surface area contributed by atoms with Crippen LogP contribution in [0.15, 0.2) is 54.6 Å². The molecule has 1 aliphatic carbocycles. The summed E-state index contributed by atoms with van der Waals surface area (Å²) in [4.78, 5) is 20.8. The Labute approximate surface area is 159 Å². The Morgan fingerprint density at radius 1 is 0.926 bits per heavy atom. The van der Waals surface area contributed by atoms with Crippen LogP contribution in [0.5, 0.6) is 0 Å². The van der Waals surface area contributed by atoms with Crippen LogP contribution in [0, 0.1) is 0 Å². The lowest BCUT2D eigenvalue weighted by Crippen LogP contribution is -2.53. The van der Waals surface area contributed by atoms with E-state index in [4.69, 9.17) is 0 Å². The third-order valence-corrected chi connectivity index (χ3v) is 6.20. The Balaban J connectivity index is 1.23. The minimum Gasteiger partial charge on any atom is -0.351 e. The molecule has 1 aromatic heterocycles. The normalized spacial score (nSPS) is 20.6. The molecular formula is C23H25N3O. The maximum absolute atomic E-state index is 12.9. The van der Waals surface area contributed by atoms with E-state index in [0.717, 1.165) is 43.5 Å². The van der Waals surface area contributed by atoms with Crippen molar-refractivity contribution in [1.82, 2.24) is 14.8 Å². The number of nitrogens with zero attached hydrogens (tertiary/aromatic N) is 2. The average Bonchev–Trinajstić information content (AvgIpc) is 3.17. The van der Waals surface area contributed by atoms with Crippen molar-refractivity contribution in [3.05, 3.63) is 71.4 Å². The van der Waals surface area contributed by atoms with Gasteiger partial charge in [-0.25, -0.2) is 0 Å². The van der Waals surface area contributed by atoms with Gasteiger partial charge in [0.25, 0.3) is 5.91 Å². The maximum atomic E-state index is 12.9. The predicted molar refractivity (Wildman–Crippen MR) is 108 cm³/mol. The first-order valence-electron chi connectivity index (χ1n) is 9.96. The van der Waals surface area contributed by atoms with Gasteiger partial charge < -0.3 is 9.88 Å². The summed E-state index contributed by atoms with van der Waals surface area (Å²) >= 11 is 0. The van der Waals surface area contributed by atoms with Crippen LogP contribution >= 0.6 is 0 Å². The van der Waals surface area contributed by atoms with E-state index in [1.54, 1.807) is 0 Å². The van der Waals surface area contributed by atoms with Gasteiger partial charge in [0.05, 0.1) is 0 Å². The van der Waals surface area contributed by atoms with Gasteiger partial charge in [-0.1, -0.05) is 42.5 Å². The van der Waals surface area contributed by atoms with E-state index in [2.05, 4.69) is 34.1 Å². The zero-order chi connectivity index (χ0) is 18.2. The van der Waals surface area contributed by atoms with Crippen LogP contribution < -0.4 is 0 Å². The molecule has 0 bridgehead atoms. The summed E-state index contributed by atoms with van der Waals surface area (Å²) in [6, 6.07) is 19.5. The third kappa shape index (κ3) is 3.15. The minimum atomic E-state index is 0.125. The summed E-state index contributed by atoms with van der Waals surface area (Å²) in [6.45, 7) is 3.57. The zero-order valence-corrected chi connectivity index (χ0v) is 15.5. The number of hydrogen-bond donors (Lipinski definition) is 1. The fourth-order valence-corrected chi connectivity index (χ4v) is 4.64. The molecule has 1 N–H and O–H groups in total. The van der Waals surface area contributed by atoms with Crippen molar-refractivity contribution in [2.24, 2.45) is 0 Å². The Morgan fingerprint density at radius 2 is 1.67 bits per heavy atom. The van der Waals surface area contributed by atoms with Gasteiger partial charge in [0.1, 0.15) is 5.69 Å². The molecule has 3 aromatic rings. The summed E-state index contributed by atoms with van der Waals surface area (Å²) in [7, 11) is 0. The molecule has 1 amide bonds. The van der Waals surface area contributed by atoms with Crippen LogP contribution in [-0.4, -0.2) is 52.9 Å². The predicted octanol–water partition coefficient (Wildman–Crippen LogP) is 3.48. The van der Waals surface area contributed by atoms with Gasteiger partial charge in [-0.3, -0.25) is 9.69 Å². The lowest BCUT2D eigenvalue weighted by atomic mass is 9.87. The lowest BCUT2D eigenvalue weighted by molar-refractivity contribution is 0.0548. The molecule has 1 aliphatic heterocycles. The summed E-state index contributed by atoms with van der Waals surface area (Å²) in [5.41, 5.74) is 4.75. The third-order valence-electron chi connectivity index (χ3n) is 6.20. The van der Waals surface area contributed by atoms with Crippen LogP contribution in [0.1, 0.15) is 28.0 Å². The summed E-state index contributed by atoms with van der Waals surface area (Å²) < 4.78 is 0. The monoisotopic (exact) mass is 359 g/mol. The van der Waals surface area contributed by atoms with Crippen molar-refractivity contribution in [2.45, 2.75) is 25.3 Å². The van der Waals surface area contributed by atoms with Gasteiger partial charge in [-0.2, -0.15) is 0 Å². The summed E-state index contributed by atoms with van der Waals surface area (Å²) in [5.74, 6) is 0.125. The second kappa shape index (κ2) is 6.86. The maximum Gasteiger partial charge on any atom is 0.270 e. The summed E-state index contributed by atoms with van der Waals surface area (Å²) in [5, 5.41) is 1.10. The number of H-pyrrole nitrogens is 1. The van der Waals surface area contributed by atoms with E-state index in [1.165, 1.54) is 24.0 Å². The van der Waals surface area contributed by atoms with E-state index in [1.807, 2.05) is 35.2 Å². The first kappa shape index (κ1) is 16.6. The van der Waals surface area contributed by atoms with Crippen LogP contribution in [-0.2, 0) is 12.8 Å². The number of benzene rings is 2. The molecule has 1 fully saturated rings. The number of para-hydroxylation sites is 1. The fraction of sp³-hybridized carbons (Fsp3) is 0.348. The standard InChI is InChI=1S/C23H25N3O/c27-23(22-16-19-7-3-4-8-21(19)24-22)26-13-11-25(12-14-26)20-10-9-17-5-1-2-6-18(17)15-20/h1-8,16,20,24H,9-15H2/t20-/m1/s1. The van der Waals surface area contributed by atoms with Crippen LogP contribution in [0.2, 0.25) is 0 Å². The van der Waals surface area contributed by atoms with Gasteiger partial charge in [0, 0.05) is 43.1 Å². The molecule has 0 radical (unpaired) electrons. The van der Waals surface area contributed by atoms with Gasteiger partial charge in [-0.15, -0.1) is 0 Å². The molecule has 2 heterocycles. The van der Waals surface area contributed by atoms with Crippen molar-refractivity contribution in [3.63, 3.8) is 0 Å². The van der Waals surface area contributed by atoms with E-state index in [9.17, 15) is 4.79 Å². The molecule has 0 unspecified atom stereocenters. The van der Waals surface area contributed by atoms with Gasteiger partial charge in [0.15, 0.2) is 0 Å². The van der Waals surface area contributed by atoms with E-state index < -0.39 is 0 Å². The second-order valence-corrected chi connectivity index (χ2v) is 7.76. The molecule has 4 heteroatoms. The number of carbonyl (C=O) groups is 1. The van der Waals surface area contributed by atoms with Crippen LogP contribution in [0.4, 0.5) is 0 Å². The molecule has 2 aromatic carbocycles. The minimum absolute atomic E-state index is 0.125. The molecule has 5 rings (SSSR count). The average molecular weight is 359 g/mol. The number of piperazine rings is 1. The first-order chi connectivity index (χ1) is 13.3. The highest BCUT2D eigenvalue weighted by molar-refractivity contribution is 5.98. The number of aromatic amines is 1. The molecule has 4 nitrogen and oxygen atoms in total. The number of amides is 1. The Kier molecular flexibility index (Phi) is 4.21. The molecular weight excluding hydrogens is 334 g/mol. The van der Waals surface area contributed by atoms with Crippen molar-refractivity contribution in [2.75, 3.05) is 26.2 Å². The quantitative estimate of drug-likeness (QED) is 0.761. The lowest BCUT2D eigenvalue weighted by Gasteiger charge is -2.41. The second-order valence-electron chi connectivity index (χ2n) is 7.76. The number of rotatable bonds is 2. The van der Waals surface area contributed by atoms with Crippen molar-refractivity contribution < 1.29 is 4.79 Å². The SMILES string of the molecule is O=C(c1cc2ccccc2[nH]1)N1CCN([C@@H]2CCc3ccccc3C2)CC1. The molecule has 2 aliphatic rings. The fourth-order valence-electron chi connectivity index (χ4n) is 4.64. The van der Waals surface area contributed by atoms with Gasteiger partial charge in [-0.05, 0) is 42.5 Å². The number of carbonyl (C=O) groups excluding carboxylic acids is 1. The van der Waals surface area contributed by atoms with Crippen molar-refractivity contribution in [1.29, 1.82) is 0 Å². The summed E-state index contributed by atoms with van der Waals surface area (Å²) in [6.07, 6.45) is 3.55. The topological polar surface area (TPSA) is 39.3 Å². The van der Waals surface area contributed by atoms with E-state index >= 15 is 0 Å². The molecule has 138 valence electrons. The largest absolute Gasteiger partial charge is 0.351 e. The highest BCUT2D eigenvalue weighted by Gasteiger charge is 2.29. The van der Waals surface area contributed by atoms with E-state index in [-0.39, 0.29) is 5.91 Å². The van der Waals surface area contributed by atoms with Crippen molar-refractivity contribution >= 4 is 16.8 Å².